The van der Waals surface area contributed by atoms with Gasteiger partial charge in [0.1, 0.15) is 6.04 Å². The second-order valence-electron chi connectivity index (χ2n) is 3.83. The van der Waals surface area contributed by atoms with Crippen LogP contribution in [0.1, 0.15) is 23.4 Å². The highest BCUT2D eigenvalue weighted by molar-refractivity contribution is 7.10. The summed E-state index contributed by atoms with van der Waals surface area (Å²) in [5.74, 6) is -0.874. The first kappa shape index (κ1) is 11.1. The van der Waals surface area contributed by atoms with Crippen molar-refractivity contribution in [3.05, 3.63) is 21.9 Å². The molecule has 1 aromatic rings. The van der Waals surface area contributed by atoms with E-state index in [2.05, 4.69) is 6.07 Å². The maximum atomic E-state index is 11.3. The highest BCUT2D eigenvalue weighted by atomic mass is 32.1. The molecule has 2 atom stereocenters. The van der Waals surface area contributed by atoms with E-state index >= 15 is 0 Å². The summed E-state index contributed by atoms with van der Waals surface area (Å²) in [4.78, 5) is 14.2. The summed E-state index contributed by atoms with van der Waals surface area (Å²) in [6, 6.07) is 2.94. The average Bonchev–Trinajstić information content (AvgIpc) is 2.73. The van der Waals surface area contributed by atoms with Crippen molar-refractivity contribution in [2.75, 3.05) is 6.54 Å². The van der Waals surface area contributed by atoms with Crippen molar-refractivity contribution in [2.24, 2.45) is 0 Å². The number of thiophene rings is 1. The van der Waals surface area contributed by atoms with Crippen molar-refractivity contribution in [3.8, 4) is 6.07 Å². The van der Waals surface area contributed by atoms with Gasteiger partial charge in [0.2, 0.25) is 0 Å². The Morgan fingerprint density at radius 3 is 3.19 bits per heavy atom. The molecule has 1 aromatic heterocycles. The van der Waals surface area contributed by atoms with E-state index in [1.807, 2.05) is 11.4 Å². The number of hydrogen-bond acceptors (Lipinski definition) is 4. The zero-order valence-corrected chi connectivity index (χ0v) is 9.70. The van der Waals surface area contributed by atoms with Crippen LogP contribution in [-0.2, 0) is 11.2 Å². The lowest BCUT2D eigenvalue weighted by Crippen LogP contribution is -2.43. The highest BCUT2D eigenvalue weighted by Crippen LogP contribution is 2.34. The van der Waals surface area contributed by atoms with Gasteiger partial charge >= 0.3 is 5.97 Å². The topological polar surface area (TPSA) is 64.3 Å². The number of nitriles is 1. The summed E-state index contributed by atoms with van der Waals surface area (Å²) >= 11 is 1.59. The smallest absolute Gasteiger partial charge is 0.325 e. The van der Waals surface area contributed by atoms with Gasteiger partial charge in [0.25, 0.3) is 0 Å². The lowest BCUT2D eigenvalue weighted by atomic mass is 9.98. The maximum absolute atomic E-state index is 11.3. The molecule has 5 heteroatoms. The van der Waals surface area contributed by atoms with Gasteiger partial charge in [-0.05, 0) is 30.4 Å². The minimum absolute atomic E-state index is 0.367. The molecule has 16 heavy (non-hydrogen) atoms. The standard InChI is InChI=1S/C11H12N2O2S/c1-7(6-12)13-4-2-9-8(3-5-16-9)10(13)11(14)15/h3,5,7,10H,2,4H2,1H3,(H,14,15). The fourth-order valence-electron chi connectivity index (χ4n) is 2.10. The zero-order valence-electron chi connectivity index (χ0n) is 8.88. The molecule has 0 spiro atoms. The molecule has 1 aliphatic heterocycles. The predicted octanol–water partition coefficient (Wildman–Crippen LogP) is 1.64. The van der Waals surface area contributed by atoms with E-state index in [1.165, 1.54) is 0 Å². The van der Waals surface area contributed by atoms with Gasteiger partial charge in [0.15, 0.2) is 0 Å². The molecule has 2 rings (SSSR count). The van der Waals surface area contributed by atoms with Crippen LogP contribution in [0.5, 0.6) is 0 Å². The van der Waals surface area contributed by atoms with E-state index in [-0.39, 0.29) is 6.04 Å². The van der Waals surface area contributed by atoms with Gasteiger partial charge in [-0.2, -0.15) is 5.26 Å². The zero-order chi connectivity index (χ0) is 11.7. The van der Waals surface area contributed by atoms with Crippen LogP contribution in [0.3, 0.4) is 0 Å². The molecule has 4 nitrogen and oxygen atoms in total. The maximum Gasteiger partial charge on any atom is 0.325 e. The van der Waals surface area contributed by atoms with Crippen molar-refractivity contribution in [3.63, 3.8) is 0 Å². The summed E-state index contributed by atoms with van der Waals surface area (Å²) in [6.07, 6.45) is 0.836. The monoisotopic (exact) mass is 236 g/mol. The van der Waals surface area contributed by atoms with Crippen molar-refractivity contribution >= 4 is 17.3 Å². The van der Waals surface area contributed by atoms with Crippen molar-refractivity contribution in [2.45, 2.75) is 25.4 Å². The Bertz CT molecular complexity index is 449. The molecule has 0 saturated carbocycles. The molecule has 2 unspecified atom stereocenters. The van der Waals surface area contributed by atoms with Crippen molar-refractivity contribution in [1.29, 1.82) is 5.26 Å². The number of carbonyl (C=O) groups is 1. The number of carboxylic acid groups (broad SMARTS) is 1. The quantitative estimate of drug-likeness (QED) is 0.848. The molecule has 0 aliphatic carbocycles. The van der Waals surface area contributed by atoms with Crippen LogP contribution in [0, 0.1) is 11.3 Å². The molecule has 0 saturated heterocycles. The van der Waals surface area contributed by atoms with E-state index in [1.54, 1.807) is 23.2 Å². The van der Waals surface area contributed by atoms with Gasteiger partial charge in [0, 0.05) is 11.4 Å². The summed E-state index contributed by atoms with van der Waals surface area (Å²) in [7, 11) is 0. The minimum atomic E-state index is -0.874. The van der Waals surface area contributed by atoms with Crippen LogP contribution in [0.2, 0.25) is 0 Å². The van der Waals surface area contributed by atoms with E-state index in [0.717, 1.165) is 16.9 Å². The van der Waals surface area contributed by atoms with E-state index in [0.29, 0.717) is 6.54 Å². The molecule has 1 N–H and O–H groups in total. The lowest BCUT2D eigenvalue weighted by Gasteiger charge is -2.34. The first-order chi connectivity index (χ1) is 7.65. The van der Waals surface area contributed by atoms with Crippen LogP contribution < -0.4 is 0 Å². The molecular formula is C11H12N2O2S. The molecule has 84 valence electrons. The largest absolute Gasteiger partial charge is 0.480 e. The molecular weight excluding hydrogens is 224 g/mol. The molecule has 2 heterocycles. The molecule has 0 bridgehead atoms. The number of rotatable bonds is 2. The van der Waals surface area contributed by atoms with Gasteiger partial charge in [-0.3, -0.25) is 9.69 Å². The van der Waals surface area contributed by atoms with Crippen LogP contribution in [0.15, 0.2) is 11.4 Å². The second kappa shape index (κ2) is 4.24. The normalized spacial score (nSPS) is 22.1. The first-order valence-corrected chi connectivity index (χ1v) is 5.97. The van der Waals surface area contributed by atoms with E-state index in [4.69, 9.17) is 5.26 Å². The lowest BCUT2D eigenvalue weighted by molar-refractivity contribution is -0.144. The molecule has 1 aliphatic rings. The number of nitrogens with zero attached hydrogens (tertiary/aromatic N) is 2. The van der Waals surface area contributed by atoms with Crippen molar-refractivity contribution in [1.82, 2.24) is 4.90 Å². The van der Waals surface area contributed by atoms with Crippen LogP contribution in [0.25, 0.3) is 0 Å². The number of fused-ring (bicyclic) bond motifs is 1. The summed E-state index contributed by atoms with van der Waals surface area (Å²) in [6.45, 7) is 2.38. The molecule has 0 aromatic carbocycles. The SMILES string of the molecule is CC(C#N)N1CCc2sccc2C1C(=O)O. The number of hydrogen-bond donors (Lipinski definition) is 1. The summed E-state index contributed by atoms with van der Waals surface area (Å²) in [5, 5.41) is 20.1. The summed E-state index contributed by atoms with van der Waals surface area (Å²) < 4.78 is 0. The Morgan fingerprint density at radius 2 is 2.56 bits per heavy atom. The Morgan fingerprint density at radius 1 is 1.81 bits per heavy atom. The van der Waals surface area contributed by atoms with Crippen molar-refractivity contribution < 1.29 is 9.90 Å². The van der Waals surface area contributed by atoms with Gasteiger partial charge in [-0.15, -0.1) is 11.3 Å². The molecule has 0 radical (unpaired) electrons. The Kier molecular flexibility index (Phi) is 2.95. The third kappa shape index (κ3) is 1.70. The Labute approximate surface area is 97.7 Å². The van der Waals surface area contributed by atoms with Gasteiger partial charge in [-0.1, -0.05) is 0 Å². The van der Waals surface area contributed by atoms with Gasteiger partial charge < -0.3 is 5.11 Å². The van der Waals surface area contributed by atoms with E-state index in [9.17, 15) is 9.90 Å². The second-order valence-corrected chi connectivity index (χ2v) is 4.83. The molecule has 0 amide bonds. The van der Waals surface area contributed by atoms with Crippen LogP contribution in [-0.4, -0.2) is 28.6 Å². The van der Waals surface area contributed by atoms with E-state index < -0.39 is 12.0 Å². The molecule has 0 fully saturated rings. The fraction of sp³-hybridized carbons (Fsp3) is 0.455. The average molecular weight is 236 g/mol. The third-order valence-electron chi connectivity index (χ3n) is 2.92. The predicted molar refractivity (Wildman–Crippen MR) is 60.2 cm³/mol. The van der Waals surface area contributed by atoms with Gasteiger partial charge in [-0.25, -0.2) is 0 Å². The third-order valence-corrected chi connectivity index (χ3v) is 3.92. The van der Waals surface area contributed by atoms with Gasteiger partial charge in [0.05, 0.1) is 12.1 Å². The number of carboxylic acids is 1. The first-order valence-electron chi connectivity index (χ1n) is 5.09. The minimum Gasteiger partial charge on any atom is -0.480 e. The number of aliphatic carboxylic acids is 1. The highest BCUT2D eigenvalue weighted by Gasteiger charge is 2.36. The fourth-order valence-corrected chi connectivity index (χ4v) is 3.01. The van der Waals surface area contributed by atoms with Crippen LogP contribution >= 0.6 is 11.3 Å². The van der Waals surface area contributed by atoms with Crippen LogP contribution in [0.4, 0.5) is 0 Å². The summed E-state index contributed by atoms with van der Waals surface area (Å²) in [5.41, 5.74) is 0.853. The Balaban J connectivity index is 2.39. The Hall–Kier alpha value is -1.38.